The lowest BCUT2D eigenvalue weighted by atomic mass is 10.3. The molecule has 0 radical (unpaired) electrons. The molecule has 0 unspecified atom stereocenters. The fourth-order valence-electron chi connectivity index (χ4n) is 3.25. The summed E-state index contributed by atoms with van der Waals surface area (Å²) in [5.41, 5.74) is 1.87. The second-order valence-corrected chi connectivity index (χ2v) is 6.35. The highest BCUT2D eigenvalue weighted by Crippen LogP contribution is 2.30. The van der Waals surface area contributed by atoms with Crippen LogP contribution in [0.3, 0.4) is 0 Å². The van der Waals surface area contributed by atoms with Gasteiger partial charge in [0.15, 0.2) is 17.5 Å². The molecule has 0 aliphatic heterocycles. The molecule has 3 rings (SSSR count). The van der Waals surface area contributed by atoms with E-state index < -0.39 is 0 Å². The zero-order chi connectivity index (χ0) is 18.4. The smallest absolute Gasteiger partial charge is 0.195 e. The summed E-state index contributed by atoms with van der Waals surface area (Å²) >= 11 is 0. The van der Waals surface area contributed by atoms with Gasteiger partial charge in [0.1, 0.15) is 0 Å². The van der Waals surface area contributed by atoms with Crippen LogP contribution in [0.4, 0.5) is 5.69 Å². The Bertz CT molecular complexity index is 756. The van der Waals surface area contributed by atoms with Crippen LogP contribution in [-0.4, -0.2) is 37.0 Å². The van der Waals surface area contributed by atoms with Gasteiger partial charge in [0.05, 0.1) is 32.5 Å². The molecule has 1 aromatic heterocycles. The first-order chi connectivity index (χ1) is 12.7. The number of guanidine groups is 1. The lowest BCUT2D eigenvalue weighted by Crippen LogP contribution is -2.30. The average Bonchev–Trinajstić information content (AvgIpc) is 3.36. The molecule has 7 nitrogen and oxygen atoms in total. The van der Waals surface area contributed by atoms with Gasteiger partial charge in [-0.15, -0.1) is 24.0 Å². The van der Waals surface area contributed by atoms with Crippen LogP contribution in [0, 0.1) is 0 Å². The Kier molecular flexibility index (Phi) is 8.21. The number of nitrogens with one attached hydrogen (secondary N) is 2. The number of aliphatic imine (C=N–C) groups is 1. The Hall–Kier alpha value is -1.97. The van der Waals surface area contributed by atoms with Crippen LogP contribution >= 0.6 is 24.0 Å². The molecule has 0 atom stereocenters. The van der Waals surface area contributed by atoms with E-state index >= 15 is 0 Å². The maximum atomic E-state index is 5.33. The predicted octanol–water partition coefficient (Wildman–Crippen LogP) is 3.82. The van der Waals surface area contributed by atoms with Gasteiger partial charge < -0.3 is 20.1 Å². The number of hydrogen-bond acceptors (Lipinski definition) is 4. The SMILES string of the molecule is CN=C(NCc1ccn(C2CCCC2)n1)Nc1ccc(OC)c(OC)c1.I. The number of nitrogens with zero attached hydrogens (tertiary/aromatic N) is 3. The minimum absolute atomic E-state index is 0. The third kappa shape index (κ3) is 5.50. The third-order valence-corrected chi connectivity index (χ3v) is 4.67. The van der Waals surface area contributed by atoms with E-state index in [9.17, 15) is 0 Å². The van der Waals surface area contributed by atoms with Gasteiger partial charge in [0.2, 0.25) is 0 Å². The summed E-state index contributed by atoms with van der Waals surface area (Å²) < 4.78 is 12.7. The molecule has 1 aliphatic rings. The lowest BCUT2D eigenvalue weighted by molar-refractivity contribution is 0.355. The van der Waals surface area contributed by atoms with Gasteiger partial charge >= 0.3 is 0 Å². The Morgan fingerprint density at radius 2 is 1.93 bits per heavy atom. The first-order valence-electron chi connectivity index (χ1n) is 8.97. The van der Waals surface area contributed by atoms with E-state index in [2.05, 4.69) is 32.6 Å². The fourth-order valence-corrected chi connectivity index (χ4v) is 3.25. The average molecular weight is 485 g/mol. The number of anilines is 1. The first kappa shape index (κ1) is 21.3. The Morgan fingerprint density at radius 3 is 2.59 bits per heavy atom. The van der Waals surface area contributed by atoms with Crippen LogP contribution in [-0.2, 0) is 6.54 Å². The van der Waals surface area contributed by atoms with Crippen molar-refractivity contribution >= 4 is 35.6 Å². The Labute approximate surface area is 177 Å². The molecule has 1 aromatic carbocycles. The van der Waals surface area contributed by atoms with Crippen molar-refractivity contribution in [2.45, 2.75) is 38.3 Å². The molecule has 0 amide bonds. The second kappa shape index (κ2) is 10.4. The highest BCUT2D eigenvalue weighted by Gasteiger charge is 2.17. The van der Waals surface area contributed by atoms with Gasteiger partial charge in [0, 0.05) is 25.0 Å². The van der Waals surface area contributed by atoms with E-state index in [-0.39, 0.29) is 24.0 Å². The van der Waals surface area contributed by atoms with E-state index in [4.69, 9.17) is 14.6 Å². The van der Waals surface area contributed by atoms with E-state index in [0.717, 1.165) is 11.4 Å². The molecule has 1 heterocycles. The number of hydrogen-bond donors (Lipinski definition) is 2. The molecule has 2 aromatic rings. The second-order valence-electron chi connectivity index (χ2n) is 6.35. The molecule has 0 spiro atoms. The standard InChI is InChI=1S/C19H27N5O2.HI/c1-20-19(22-14-8-9-17(25-2)18(12-14)26-3)21-13-15-10-11-24(23-15)16-6-4-5-7-16;/h8-12,16H,4-7,13H2,1-3H3,(H2,20,21,22);1H. The monoisotopic (exact) mass is 485 g/mol. The maximum Gasteiger partial charge on any atom is 0.195 e. The quantitative estimate of drug-likeness (QED) is 0.370. The number of benzene rings is 1. The summed E-state index contributed by atoms with van der Waals surface area (Å²) in [6, 6.07) is 8.28. The highest BCUT2D eigenvalue weighted by atomic mass is 127. The van der Waals surface area contributed by atoms with Gasteiger partial charge in [-0.1, -0.05) is 12.8 Å². The Morgan fingerprint density at radius 1 is 1.19 bits per heavy atom. The van der Waals surface area contributed by atoms with Crippen molar-refractivity contribution in [3.05, 3.63) is 36.2 Å². The van der Waals surface area contributed by atoms with Crippen molar-refractivity contribution in [2.75, 3.05) is 26.6 Å². The van der Waals surface area contributed by atoms with Crippen LogP contribution in [0.5, 0.6) is 11.5 Å². The molecular formula is C19H28IN5O2. The van der Waals surface area contributed by atoms with Crippen molar-refractivity contribution < 1.29 is 9.47 Å². The lowest BCUT2D eigenvalue weighted by Gasteiger charge is -2.13. The number of rotatable bonds is 6. The molecule has 0 bridgehead atoms. The zero-order valence-corrected chi connectivity index (χ0v) is 18.4. The number of ether oxygens (including phenoxy) is 2. The van der Waals surface area contributed by atoms with Crippen molar-refractivity contribution in [3.8, 4) is 11.5 Å². The van der Waals surface area contributed by atoms with Crippen LogP contribution in [0.2, 0.25) is 0 Å². The normalized spacial score (nSPS) is 14.6. The molecule has 2 N–H and O–H groups in total. The van der Waals surface area contributed by atoms with Crippen molar-refractivity contribution in [1.29, 1.82) is 0 Å². The van der Waals surface area contributed by atoms with Gasteiger partial charge in [-0.05, 0) is 31.0 Å². The third-order valence-electron chi connectivity index (χ3n) is 4.67. The van der Waals surface area contributed by atoms with E-state index in [1.807, 2.05) is 18.2 Å². The molecule has 1 fully saturated rings. The summed E-state index contributed by atoms with van der Waals surface area (Å²) in [4.78, 5) is 4.27. The van der Waals surface area contributed by atoms with Crippen LogP contribution < -0.4 is 20.1 Å². The van der Waals surface area contributed by atoms with Crippen molar-refractivity contribution in [2.24, 2.45) is 4.99 Å². The molecular weight excluding hydrogens is 457 g/mol. The fraction of sp³-hybridized carbons (Fsp3) is 0.474. The topological polar surface area (TPSA) is 72.7 Å². The van der Waals surface area contributed by atoms with E-state index in [0.29, 0.717) is 30.0 Å². The summed E-state index contributed by atoms with van der Waals surface area (Å²) in [6.07, 6.45) is 7.16. The molecule has 148 valence electrons. The number of methoxy groups -OCH3 is 2. The number of halogens is 1. The van der Waals surface area contributed by atoms with E-state index in [1.165, 1.54) is 25.7 Å². The number of aromatic nitrogens is 2. The molecule has 1 saturated carbocycles. The van der Waals surface area contributed by atoms with Gasteiger partial charge in [-0.3, -0.25) is 9.67 Å². The summed E-state index contributed by atoms with van der Waals surface area (Å²) in [7, 11) is 4.98. The molecule has 0 saturated heterocycles. The maximum absolute atomic E-state index is 5.33. The molecule has 1 aliphatic carbocycles. The summed E-state index contributed by atoms with van der Waals surface area (Å²) in [5, 5.41) is 11.2. The van der Waals surface area contributed by atoms with Gasteiger partial charge in [-0.25, -0.2) is 0 Å². The van der Waals surface area contributed by atoms with Crippen molar-refractivity contribution in [3.63, 3.8) is 0 Å². The first-order valence-corrected chi connectivity index (χ1v) is 8.97. The zero-order valence-electron chi connectivity index (χ0n) is 16.1. The predicted molar refractivity (Wildman–Crippen MR) is 119 cm³/mol. The summed E-state index contributed by atoms with van der Waals surface area (Å²) in [5.74, 6) is 2.04. The van der Waals surface area contributed by atoms with Gasteiger partial charge in [-0.2, -0.15) is 5.10 Å². The van der Waals surface area contributed by atoms with Crippen molar-refractivity contribution in [1.82, 2.24) is 15.1 Å². The van der Waals surface area contributed by atoms with Crippen LogP contribution in [0.15, 0.2) is 35.5 Å². The molecule has 8 heteroatoms. The summed E-state index contributed by atoms with van der Waals surface area (Å²) in [6.45, 7) is 0.618. The minimum atomic E-state index is 0. The Balaban J connectivity index is 0.00000261. The van der Waals surface area contributed by atoms with Crippen LogP contribution in [0.25, 0.3) is 0 Å². The molecule has 27 heavy (non-hydrogen) atoms. The van der Waals surface area contributed by atoms with E-state index in [1.54, 1.807) is 21.3 Å². The van der Waals surface area contributed by atoms with Crippen LogP contribution in [0.1, 0.15) is 37.4 Å². The van der Waals surface area contributed by atoms with Gasteiger partial charge in [0.25, 0.3) is 0 Å². The highest BCUT2D eigenvalue weighted by molar-refractivity contribution is 14.0. The largest absolute Gasteiger partial charge is 0.493 e. The minimum Gasteiger partial charge on any atom is -0.493 e.